The number of nitrogens with zero attached hydrogens (tertiary/aromatic N) is 3. The molecule has 124 valence electrons. The Labute approximate surface area is 140 Å². The van der Waals surface area contributed by atoms with Crippen molar-refractivity contribution in [3.63, 3.8) is 0 Å². The number of aromatic nitrogens is 2. The van der Waals surface area contributed by atoms with E-state index in [-0.39, 0.29) is 18.0 Å². The molecule has 1 amide bonds. The lowest BCUT2D eigenvalue weighted by molar-refractivity contribution is -0.124. The highest BCUT2D eigenvalue weighted by Crippen LogP contribution is 2.25. The monoisotopic (exact) mass is 334 g/mol. The summed E-state index contributed by atoms with van der Waals surface area (Å²) in [7, 11) is 0. The topological polar surface area (TPSA) is 59.4 Å². The van der Waals surface area contributed by atoms with Crippen LogP contribution in [0.25, 0.3) is 0 Å². The second-order valence-corrected chi connectivity index (χ2v) is 6.57. The zero-order chi connectivity index (χ0) is 16.1. The van der Waals surface area contributed by atoms with Gasteiger partial charge in [-0.15, -0.1) is 11.3 Å². The predicted molar refractivity (Wildman–Crippen MR) is 89.4 cm³/mol. The van der Waals surface area contributed by atoms with E-state index in [4.69, 9.17) is 4.74 Å². The molecule has 0 aromatic carbocycles. The molecule has 0 radical (unpaired) electrons. The molecule has 6 nitrogen and oxygen atoms in total. The Morgan fingerprint density at radius 3 is 2.91 bits per heavy atom. The number of carbonyl (C=O) groups excluding carboxylic acids is 1. The number of amides is 1. The maximum atomic E-state index is 12.4. The third-order valence-corrected chi connectivity index (χ3v) is 5.10. The van der Waals surface area contributed by atoms with Gasteiger partial charge >= 0.3 is 0 Å². The summed E-state index contributed by atoms with van der Waals surface area (Å²) in [5.41, 5.74) is 0. The smallest absolute Gasteiger partial charge is 0.244 e. The maximum absolute atomic E-state index is 12.4. The van der Waals surface area contributed by atoms with Gasteiger partial charge in [-0.2, -0.15) is 5.10 Å². The molecule has 7 heteroatoms. The summed E-state index contributed by atoms with van der Waals surface area (Å²) in [6.07, 6.45) is 3.49. The van der Waals surface area contributed by atoms with E-state index in [9.17, 15) is 4.79 Å². The van der Waals surface area contributed by atoms with Crippen LogP contribution in [0.4, 0.5) is 0 Å². The van der Waals surface area contributed by atoms with Gasteiger partial charge in [0, 0.05) is 36.9 Å². The molecule has 0 bridgehead atoms. The molecule has 2 aromatic heterocycles. The van der Waals surface area contributed by atoms with Crippen molar-refractivity contribution in [2.75, 3.05) is 32.8 Å². The molecule has 0 unspecified atom stereocenters. The van der Waals surface area contributed by atoms with Crippen LogP contribution in [0.3, 0.4) is 0 Å². The van der Waals surface area contributed by atoms with Crippen molar-refractivity contribution in [2.24, 2.45) is 0 Å². The number of ether oxygens (including phenoxy) is 1. The number of hydrogen-bond donors (Lipinski definition) is 1. The lowest BCUT2D eigenvalue weighted by atomic mass is 10.1. The Bertz CT molecular complexity index is 594. The first-order chi connectivity index (χ1) is 11.3. The van der Waals surface area contributed by atoms with E-state index in [0.717, 1.165) is 26.3 Å². The molecular weight excluding hydrogens is 312 g/mol. The molecule has 0 saturated carbocycles. The third kappa shape index (κ3) is 3.99. The van der Waals surface area contributed by atoms with Gasteiger partial charge in [0.2, 0.25) is 5.91 Å². The number of morpholine rings is 1. The first-order valence-electron chi connectivity index (χ1n) is 7.88. The summed E-state index contributed by atoms with van der Waals surface area (Å²) in [6, 6.07) is 5.91. The minimum Gasteiger partial charge on any atom is -0.379 e. The number of rotatable bonds is 6. The molecule has 1 aliphatic rings. The van der Waals surface area contributed by atoms with Gasteiger partial charge in [0.05, 0.1) is 19.3 Å². The van der Waals surface area contributed by atoms with Crippen LogP contribution in [0, 0.1) is 0 Å². The van der Waals surface area contributed by atoms with Crippen molar-refractivity contribution in [3.05, 3.63) is 40.8 Å². The minimum absolute atomic E-state index is 0.0106. The lowest BCUT2D eigenvalue weighted by Gasteiger charge is -2.34. The fourth-order valence-electron chi connectivity index (χ4n) is 2.75. The molecule has 0 aliphatic carbocycles. The quantitative estimate of drug-likeness (QED) is 0.873. The van der Waals surface area contributed by atoms with Crippen LogP contribution in [0.1, 0.15) is 23.9 Å². The molecule has 1 N–H and O–H groups in total. The zero-order valence-corrected chi connectivity index (χ0v) is 14.0. The fraction of sp³-hybridized carbons (Fsp3) is 0.500. The van der Waals surface area contributed by atoms with Crippen molar-refractivity contribution in [2.45, 2.75) is 19.0 Å². The lowest BCUT2D eigenvalue weighted by Crippen LogP contribution is -2.44. The van der Waals surface area contributed by atoms with E-state index < -0.39 is 0 Å². The van der Waals surface area contributed by atoms with E-state index in [0.29, 0.717) is 6.54 Å². The molecule has 0 spiro atoms. The van der Waals surface area contributed by atoms with Crippen LogP contribution in [0.5, 0.6) is 0 Å². The average Bonchev–Trinajstić information content (AvgIpc) is 3.29. The van der Waals surface area contributed by atoms with Crippen LogP contribution in [0.15, 0.2) is 36.0 Å². The molecule has 2 aromatic rings. The Balaban J connectivity index is 1.63. The van der Waals surface area contributed by atoms with Crippen LogP contribution in [-0.2, 0) is 9.53 Å². The molecule has 3 rings (SSSR count). The predicted octanol–water partition coefficient (Wildman–Crippen LogP) is 1.70. The molecular formula is C16H22N4O2S. The minimum atomic E-state index is -0.307. The van der Waals surface area contributed by atoms with Crippen molar-refractivity contribution < 1.29 is 9.53 Å². The molecule has 1 aliphatic heterocycles. The number of carbonyl (C=O) groups is 1. The van der Waals surface area contributed by atoms with Crippen molar-refractivity contribution in [1.29, 1.82) is 0 Å². The fourth-order valence-corrected chi connectivity index (χ4v) is 3.62. The standard InChI is InChI=1S/C16H22N4O2S/c1-13(20-6-3-5-18-20)16(21)17-12-14(15-4-2-11-23-15)19-7-9-22-10-8-19/h2-6,11,13-14H,7-10,12H2,1H3,(H,17,21)/t13-,14+/m0/s1. The third-order valence-electron chi connectivity index (χ3n) is 4.13. The molecule has 3 heterocycles. The average molecular weight is 334 g/mol. The first-order valence-corrected chi connectivity index (χ1v) is 8.75. The second kappa shape index (κ2) is 7.72. The van der Waals surface area contributed by atoms with Crippen LogP contribution in [-0.4, -0.2) is 53.4 Å². The van der Waals surface area contributed by atoms with Gasteiger partial charge in [-0.3, -0.25) is 14.4 Å². The number of thiophene rings is 1. The number of hydrogen-bond acceptors (Lipinski definition) is 5. The SMILES string of the molecule is C[C@@H](C(=O)NC[C@H](c1cccs1)N1CCOCC1)n1cccn1. The van der Waals surface area contributed by atoms with Crippen molar-refractivity contribution >= 4 is 17.2 Å². The maximum Gasteiger partial charge on any atom is 0.244 e. The van der Waals surface area contributed by atoms with E-state index >= 15 is 0 Å². The van der Waals surface area contributed by atoms with Gasteiger partial charge in [0.15, 0.2) is 0 Å². The molecule has 1 fully saturated rings. The molecule has 1 saturated heterocycles. The van der Waals surface area contributed by atoms with Crippen molar-refractivity contribution in [3.8, 4) is 0 Å². The highest BCUT2D eigenvalue weighted by Gasteiger charge is 2.25. The van der Waals surface area contributed by atoms with Gasteiger partial charge in [0.25, 0.3) is 0 Å². The molecule has 2 atom stereocenters. The van der Waals surface area contributed by atoms with E-state index in [1.54, 1.807) is 22.2 Å². The normalized spacial score (nSPS) is 18.5. The van der Waals surface area contributed by atoms with Gasteiger partial charge in [-0.05, 0) is 24.4 Å². The summed E-state index contributed by atoms with van der Waals surface area (Å²) in [6.45, 7) is 5.75. The summed E-state index contributed by atoms with van der Waals surface area (Å²) in [4.78, 5) is 16.0. The van der Waals surface area contributed by atoms with E-state index in [1.807, 2.05) is 19.2 Å². The Kier molecular flexibility index (Phi) is 5.43. The first kappa shape index (κ1) is 16.2. The van der Waals surface area contributed by atoms with Gasteiger partial charge in [0.1, 0.15) is 6.04 Å². The van der Waals surface area contributed by atoms with Crippen LogP contribution < -0.4 is 5.32 Å². The van der Waals surface area contributed by atoms with Crippen LogP contribution in [0.2, 0.25) is 0 Å². The van der Waals surface area contributed by atoms with E-state index in [1.165, 1.54) is 4.88 Å². The summed E-state index contributed by atoms with van der Waals surface area (Å²) < 4.78 is 7.11. The Morgan fingerprint density at radius 1 is 1.43 bits per heavy atom. The highest BCUT2D eigenvalue weighted by atomic mass is 32.1. The summed E-state index contributed by atoms with van der Waals surface area (Å²) in [5, 5.41) is 9.30. The highest BCUT2D eigenvalue weighted by molar-refractivity contribution is 7.10. The van der Waals surface area contributed by atoms with Gasteiger partial charge in [-0.1, -0.05) is 6.07 Å². The summed E-state index contributed by atoms with van der Waals surface area (Å²) in [5.74, 6) is -0.0106. The Morgan fingerprint density at radius 2 is 2.26 bits per heavy atom. The number of nitrogens with one attached hydrogen (secondary N) is 1. The molecule has 23 heavy (non-hydrogen) atoms. The van der Waals surface area contributed by atoms with Crippen LogP contribution >= 0.6 is 11.3 Å². The van der Waals surface area contributed by atoms with E-state index in [2.05, 4.69) is 32.8 Å². The largest absolute Gasteiger partial charge is 0.379 e. The van der Waals surface area contributed by atoms with Gasteiger partial charge in [-0.25, -0.2) is 0 Å². The Hall–Kier alpha value is -1.70. The summed E-state index contributed by atoms with van der Waals surface area (Å²) >= 11 is 1.73. The second-order valence-electron chi connectivity index (χ2n) is 5.59. The van der Waals surface area contributed by atoms with Crippen molar-refractivity contribution in [1.82, 2.24) is 20.0 Å². The zero-order valence-electron chi connectivity index (χ0n) is 13.2. The van der Waals surface area contributed by atoms with Gasteiger partial charge < -0.3 is 10.1 Å².